The number of hydrogen-bond acceptors (Lipinski definition) is 4. The predicted molar refractivity (Wildman–Crippen MR) is 115 cm³/mol. The number of benzene rings is 1. The zero-order valence-corrected chi connectivity index (χ0v) is 17.2. The first-order valence-electron chi connectivity index (χ1n) is 9.87. The standard InChI is InChI=1S/C22H24ClN5O/c1-24-6-5-15-8-18-16(12-28-7-3-4-17(28)13-29)9-21(22-11-25-14-27(22)2)26-20(18)10-19(15)23/h8-11,14,17,29H,3-7,12-13H2,2H3/t17-/m1/s1. The summed E-state index contributed by atoms with van der Waals surface area (Å²) in [5, 5.41) is 11.4. The molecule has 0 bridgehead atoms. The van der Waals surface area contributed by atoms with Gasteiger partial charge in [-0.1, -0.05) is 11.6 Å². The lowest BCUT2D eigenvalue weighted by Crippen LogP contribution is -2.31. The molecule has 29 heavy (non-hydrogen) atoms. The lowest BCUT2D eigenvalue weighted by Gasteiger charge is -2.24. The van der Waals surface area contributed by atoms with E-state index in [9.17, 15) is 5.11 Å². The minimum Gasteiger partial charge on any atom is -0.395 e. The monoisotopic (exact) mass is 409 g/mol. The Kier molecular flexibility index (Phi) is 5.81. The van der Waals surface area contributed by atoms with Gasteiger partial charge in [-0.3, -0.25) is 4.90 Å². The summed E-state index contributed by atoms with van der Waals surface area (Å²) in [6.45, 7) is 9.41. The highest BCUT2D eigenvalue weighted by Gasteiger charge is 2.25. The summed E-state index contributed by atoms with van der Waals surface area (Å²) in [4.78, 5) is 14.9. The number of pyridine rings is 1. The van der Waals surface area contributed by atoms with Crippen molar-refractivity contribution in [2.45, 2.75) is 31.8 Å². The number of halogens is 1. The van der Waals surface area contributed by atoms with Gasteiger partial charge < -0.3 is 14.5 Å². The molecule has 1 aliphatic heterocycles. The van der Waals surface area contributed by atoms with E-state index < -0.39 is 0 Å². The Bertz CT molecular complexity index is 1070. The predicted octanol–water partition coefficient (Wildman–Crippen LogP) is 3.71. The third-order valence-electron chi connectivity index (χ3n) is 5.72. The summed E-state index contributed by atoms with van der Waals surface area (Å²) in [5.41, 5.74) is 4.78. The minimum absolute atomic E-state index is 0.180. The zero-order chi connectivity index (χ0) is 20.4. The summed E-state index contributed by atoms with van der Waals surface area (Å²) >= 11 is 6.51. The number of nitrogens with zero attached hydrogens (tertiary/aromatic N) is 5. The molecule has 4 rings (SSSR count). The van der Waals surface area contributed by atoms with Crippen molar-refractivity contribution in [2.24, 2.45) is 7.05 Å². The fourth-order valence-corrected chi connectivity index (χ4v) is 4.38. The van der Waals surface area contributed by atoms with E-state index in [-0.39, 0.29) is 12.6 Å². The van der Waals surface area contributed by atoms with Gasteiger partial charge in [0.05, 0.1) is 36.0 Å². The molecule has 1 aliphatic rings. The summed E-state index contributed by atoms with van der Waals surface area (Å²) in [5.74, 6) is 0. The maximum atomic E-state index is 9.74. The summed E-state index contributed by atoms with van der Waals surface area (Å²) in [6, 6.07) is 6.32. The number of aryl methyl sites for hydroxylation is 1. The molecule has 1 aromatic carbocycles. The molecule has 1 fully saturated rings. The summed E-state index contributed by atoms with van der Waals surface area (Å²) < 4.78 is 1.95. The molecule has 1 saturated heterocycles. The highest BCUT2D eigenvalue weighted by molar-refractivity contribution is 6.32. The molecule has 0 radical (unpaired) electrons. The van der Waals surface area contributed by atoms with Crippen LogP contribution in [0.5, 0.6) is 0 Å². The van der Waals surface area contributed by atoms with Crippen LogP contribution in [0.3, 0.4) is 0 Å². The molecule has 2 aromatic heterocycles. The van der Waals surface area contributed by atoms with Crippen LogP contribution in [0.4, 0.5) is 0 Å². The van der Waals surface area contributed by atoms with Crippen LogP contribution in [0.15, 0.2) is 30.7 Å². The van der Waals surface area contributed by atoms with Crippen molar-refractivity contribution in [3.05, 3.63) is 58.3 Å². The fourth-order valence-electron chi connectivity index (χ4n) is 4.12. The third kappa shape index (κ3) is 3.99. The molecule has 0 saturated carbocycles. The van der Waals surface area contributed by atoms with E-state index in [1.807, 2.05) is 23.9 Å². The van der Waals surface area contributed by atoms with E-state index >= 15 is 0 Å². The Hall–Kier alpha value is -2.46. The largest absolute Gasteiger partial charge is 0.395 e. The highest BCUT2D eigenvalue weighted by Crippen LogP contribution is 2.31. The molecule has 0 spiro atoms. The topological polar surface area (TPSA) is 58.5 Å². The quantitative estimate of drug-likeness (QED) is 0.630. The normalized spacial score (nSPS) is 17.1. The first-order chi connectivity index (χ1) is 14.1. The van der Waals surface area contributed by atoms with Crippen molar-refractivity contribution in [3.63, 3.8) is 0 Å². The van der Waals surface area contributed by atoms with E-state index in [0.29, 0.717) is 18.0 Å². The molecule has 150 valence electrons. The van der Waals surface area contributed by atoms with Crippen LogP contribution >= 0.6 is 11.6 Å². The van der Waals surface area contributed by atoms with Gasteiger partial charge >= 0.3 is 0 Å². The van der Waals surface area contributed by atoms with Crippen molar-refractivity contribution >= 4 is 22.5 Å². The molecular formula is C22H24ClN5O. The number of likely N-dealkylation sites (tertiary alicyclic amines) is 1. The third-order valence-corrected chi connectivity index (χ3v) is 6.07. The van der Waals surface area contributed by atoms with Crippen molar-refractivity contribution in [3.8, 4) is 11.4 Å². The van der Waals surface area contributed by atoms with Crippen LogP contribution < -0.4 is 0 Å². The maximum absolute atomic E-state index is 9.74. The van der Waals surface area contributed by atoms with Crippen molar-refractivity contribution < 1.29 is 5.11 Å². The lowest BCUT2D eigenvalue weighted by molar-refractivity contribution is 0.154. The molecule has 1 atom stereocenters. The smallest absolute Gasteiger partial charge is 0.218 e. The molecule has 6 nitrogen and oxygen atoms in total. The second-order valence-corrected chi connectivity index (χ2v) is 8.01. The number of aromatic nitrogens is 3. The Morgan fingerprint density at radius 3 is 2.90 bits per heavy atom. The van der Waals surface area contributed by atoms with Gasteiger partial charge in [-0.15, -0.1) is 0 Å². The molecule has 0 unspecified atom stereocenters. The number of hydrogen-bond donors (Lipinski definition) is 1. The maximum Gasteiger partial charge on any atom is 0.218 e. The number of rotatable bonds is 6. The minimum atomic E-state index is 0.180. The van der Waals surface area contributed by atoms with E-state index in [4.69, 9.17) is 23.2 Å². The molecule has 3 heterocycles. The molecule has 7 heteroatoms. The van der Waals surface area contributed by atoms with Crippen LogP contribution in [0.25, 0.3) is 27.1 Å². The van der Waals surface area contributed by atoms with E-state index in [1.165, 1.54) is 0 Å². The van der Waals surface area contributed by atoms with Gasteiger partial charge in [0.25, 0.3) is 0 Å². The van der Waals surface area contributed by atoms with Crippen molar-refractivity contribution in [2.75, 3.05) is 19.7 Å². The highest BCUT2D eigenvalue weighted by atomic mass is 35.5. The molecule has 0 amide bonds. The SMILES string of the molecule is [C-]#[N+]CCc1cc2c(CN3CCC[C@@H]3CO)cc(-c3cncn3C)nc2cc1Cl. The second-order valence-electron chi connectivity index (χ2n) is 7.60. The molecule has 0 aliphatic carbocycles. The van der Waals surface area contributed by atoms with Gasteiger partial charge in [0.15, 0.2) is 0 Å². The molecule has 3 aromatic rings. The average molecular weight is 410 g/mol. The number of fused-ring (bicyclic) bond motifs is 1. The Morgan fingerprint density at radius 1 is 1.31 bits per heavy atom. The van der Waals surface area contributed by atoms with Gasteiger partial charge in [0.2, 0.25) is 6.54 Å². The van der Waals surface area contributed by atoms with Crippen LogP contribution in [0, 0.1) is 6.57 Å². The zero-order valence-electron chi connectivity index (χ0n) is 16.5. The van der Waals surface area contributed by atoms with E-state index in [0.717, 1.165) is 59.3 Å². The lowest BCUT2D eigenvalue weighted by atomic mass is 10.0. The van der Waals surface area contributed by atoms with Crippen molar-refractivity contribution in [1.29, 1.82) is 0 Å². The number of imidazole rings is 1. The van der Waals surface area contributed by atoms with Crippen LogP contribution in [0.1, 0.15) is 24.0 Å². The number of aliphatic hydroxyl groups excluding tert-OH is 1. The second kappa shape index (κ2) is 8.50. The first kappa shape index (κ1) is 19.8. The summed E-state index contributed by atoms with van der Waals surface area (Å²) in [7, 11) is 1.95. The van der Waals surface area contributed by atoms with Gasteiger partial charge in [-0.25, -0.2) is 16.5 Å². The van der Waals surface area contributed by atoms with Gasteiger partial charge in [0.1, 0.15) is 0 Å². The Morgan fingerprint density at radius 2 is 2.17 bits per heavy atom. The fraction of sp³-hybridized carbons (Fsp3) is 0.409. The van der Waals surface area contributed by atoms with Crippen LogP contribution in [-0.4, -0.2) is 50.3 Å². The van der Waals surface area contributed by atoms with Gasteiger partial charge in [-0.05, 0) is 48.7 Å². The molecule has 1 N–H and O–H groups in total. The van der Waals surface area contributed by atoms with Crippen LogP contribution in [-0.2, 0) is 20.0 Å². The van der Waals surface area contributed by atoms with E-state index in [2.05, 4.69) is 26.9 Å². The van der Waals surface area contributed by atoms with Crippen molar-refractivity contribution in [1.82, 2.24) is 19.4 Å². The summed E-state index contributed by atoms with van der Waals surface area (Å²) in [6.07, 6.45) is 6.34. The number of aliphatic hydroxyl groups is 1. The van der Waals surface area contributed by atoms with Gasteiger partial charge in [-0.2, -0.15) is 0 Å². The van der Waals surface area contributed by atoms with Gasteiger partial charge in [0, 0.05) is 36.5 Å². The Labute approximate surface area is 175 Å². The van der Waals surface area contributed by atoms with E-state index in [1.54, 1.807) is 6.33 Å². The Balaban J connectivity index is 1.84. The molecular weight excluding hydrogens is 386 g/mol. The van der Waals surface area contributed by atoms with Crippen LogP contribution in [0.2, 0.25) is 5.02 Å². The first-order valence-corrected chi connectivity index (χ1v) is 10.3. The average Bonchev–Trinajstić information content (AvgIpc) is 3.34.